The van der Waals surface area contributed by atoms with Crippen LogP contribution >= 0.6 is 0 Å². The van der Waals surface area contributed by atoms with Gasteiger partial charge in [-0.15, -0.1) is 0 Å². The molecular weight excluding hydrogens is 292 g/mol. The van der Waals surface area contributed by atoms with E-state index in [0.717, 1.165) is 6.42 Å². The highest BCUT2D eigenvalue weighted by molar-refractivity contribution is 5.89. The van der Waals surface area contributed by atoms with Crippen LogP contribution < -0.4 is 4.74 Å². The first-order chi connectivity index (χ1) is 10.5. The fourth-order valence-corrected chi connectivity index (χ4v) is 1.39. The first-order valence-electron chi connectivity index (χ1n) is 7.02. The van der Waals surface area contributed by atoms with Gasteiger partial charge in [0.1, 0.15) is 5.75 Å². The van der Waals surface area contributed by atoms with Crippen molar-refractivity contribution in [1.29, 1.82) is 0 Å². The molecule has 0 heterocycles. The summed E-state index contributed by atoms with van der Waals surface area (Å²) in [5.41, 5.74) is 0.221. The summed E-state index contributed by atoms with van der Waals surface area (Å²) >= 11 is 0. The zero-order valence-corrected chi connectivity index (χ0v) is 12.9. The molecule has 0 fully saturated rings. The van der Waals surface area contributed by atoms with Gasteiger partial charge < -0.3 is 9.47 Å². The van der Waals surface area contributed by atoms with Crippen LogP contribution in [0.4, 0.5) is 4.79 Å². The van der Waals surface area contributed by atoms with E-state index in [1.807, 2.05) is 20.8 Å². The molecule has 0 unspecified atom stereocenters. The van der Waals surface area contributed by atoms with E-state index in [-0.39, 0.29) is 18.3 Å². The van der Waals surface area contributed by atoms with Crippen molar-refractivity contribution in [3.05, 3.63) is 29.8 Å². The highest BCUT2D eigenvalue weighted by Gasteiger charge is 2.12. The van der Waals surface area contributed by atoms with Crippen LogP contribution in [0.25, 0.3) is 0 Å². The van der Waals surface area contributed by atoms with E-state index in [1.54, 1.807) is 12.1 Å². The molecule has 7 heteroatoms. The highest BCUT2D eigenvalue weighted by Crippen LogP contribution is 2.14. The molecule has 1 rings (SSSR count). The third-order valence-corrected chi connectivity index (χ3v) is 2.39. The van der Waals surface area contributed by atoms with Gasteiger partial charge in [-0.1, -0.05) is 13.3 Å². The summed E-state index contributed by atoms with van der Waals surface area (Å²) in [4.78, 5) is 31.1. The van der Waals surface area contributed by atoms with Crippen molar-refractivity contribution in [2.24, 2.45) is 0 Å². The Morgan fingerprint density at radius 1 is 1.09 bits per heavy atom. The topological polar surface area (TPSA) is 80.3 Å². The van der Waals surface area contributed by atoms with Crippen molar-refractivity contribution in [2.75, 3.05) is 6.61 Å². The molecule has 0 aliphatic heterocycles. The number of rotatable bonds is 8. The quantitative estimate of drug-likeness (QED) is 0.315. The van der Waals surface area contributed by atoms with Gasteiger partial charge in [-0.2, -0.15) is 0 Å². The minimum atomic E-state index is -1.07. The van der Waals surface area contributed by atoms with Crippen molar-refractivity contribution in [1.82, 2.24) is 0 Å². The normalized spacial score (nSPS) is 10.2. The number of hydrogen-bond acceptors (Lipinski definition) is 7. The lowest BCUT2D eigenvalue weighted by Crippen LogP contribution is -2.12. The monoisotopic (exact) mass is 312 g/mol. The van der Waals surface area contributed by atoms with Crippen LogP contribution in [0, 0.1) is 0 Å². The van der Waals surface area contributed by atoms with Gasteiger partial charge in [0.25, 0.3) is 0 Å². The largest absolute Gasteiger partial charge is 0.543 e. The first kappa shape index (κ1) is 17.8. The molecule has 122 valence electrons. The van der Waals surface area contributed by atoms with Gasteiger partial charge in [0.2, 0.25) is 0 Å². The Labute approximate surface area is 128 Å². The molecule has 22 heavy (non-hydrogen) atoms. The van der Waals surface area contributed by atoms with Gasteiger partial charge in [-0.3, -0.25) is 4.89 Å². The summed E-state index contributed by atoms with van der Waals surface area (Å²) in [6, 6.07) is 6.25. The van der Waals surface area contributed by atoms with E-state index in [4.69, 9.17) is 4.74 Å². The molecule has 0 bridgehead atoms. The Balaban J connectivity index is 2.31. The van der Waals surface area contributed by atoms with Gasteiger partial charge in [0, 0.05) is 0 Å². The molecule has 0 amide bonds. The Hall–Kier alpha value is -2.28. The Kier molecular flexibility index (Phi) is 7.77. The lowest BCUT2D eigenvalue weighted by atomic mass is 10.2. The number of carbonyl (C=O) groups excluding carboxylic acids is 2. The number of ether oxygens (including phenoxy) is 2. The molecule has 0 N–H and O–H groups in total. The number of carbonyl (C=O) groups is 2. The van der Waals surface area contributed by atoms with Crippen LogP contribution in [0.3, 0.4) is 0 Å². The van der Waals surface area contributed by atoms with Crippen molar-refractivity contribution >= 4 is 12.1 Å². The van der Waals surface area contributed by atoms with Gasteiger partial charge in [0.15, 0.2) is 0 Å². The number of unbranched alkanes of at least 4 members (excludes halogenated alkanes) is 1. The number of hydrogen-bond donors (Lipinski definition) is 0. The standard InChI is InChI=1S/C15H20O7/c1-4-5-10-18-15(17)21-22-20-14(16)12-6-8-13(9-7-12)19-11(2)3/h6-9,11H,4-5,10H2,1-3H3. The maximum atomic E-state index is 11.6. The maximum absolute atomic E-state index is 11.6. The van der Waals surface area contributed by atoms with E-state index in [0.29, 0.717) is 12.2 Å². The van der Waals surface area contributed by atoms with Crippen LogP contribution in [0.1, 0.15) is 44.0 Å². The molecule has 0 aliphatic carbocycles. The summed E-state index contributed by atoms with van der Waals surface area (Å²) < 4.78 is 10.1. The summed E-state index contributed by atoms with van der Waals surface area (Å²) in [5, 5.41) is 4.08. The first-order valence-corrected chi connectivity index (χ1v) is 7.02. The lowest BCUT2D eigenvalue weighted by molar-refractivity contribution is -0.452. The SMILES string of the molecule is CCCCOC(=O)OOOC(=O)c1ccc(OC(C)C)cc1. The van der Waals surface area contributed by atoms with Gasteiger partial charge >= 0.3 is 12.1 Å². The molecule has 0 saturated heterocycles. The van der Waals surface area contributed by atoms with E-state index in [2.05, 4.69) is 19.6 Å². The highest BCUT2D eigenvalue weighted by atomic mass is 17.5. The molecule has 7 nitrogen and oxygen atoms in total. The fraction of sp³-hybridized carbons (Fsp3) is 0.467. The second-order valence-corrected chi connectivity index (χ2v) is 4.67. The average Bonchev–Trinajstić information content (AvgIpc) is 2.47. The van der Waals surface area contributed by atoms with Gasteiger partial charge in [-0.25, -0.2) is 14.5 Å². The molecular formula is C15H20O7. The van der Waals surface area contributed by atoms with Crippen LogP contribution in [0.5, 0.6) is 5.75 Å². The third-order valence-electron chi connectivity index (χ3n) is 2.39. The van der Waals surface area contributed by atoms with Gasteiger partial charge in [0.05, 0.1) is 23.3 Å². The van der Waals surface area contributed by atoms with Gasteiger partial charge in [-0.05, 0) is 44.5 Å². The lowest BCUT2D eigenvalue weighted by Gasteiger charge is -2.09. The predicted octanol–water partition coefficient (Wildman–Crippen LogP) is 3.43. The van der Waals surface area contributed by atoms with Crippen LogP contribution in [-0.2, 0) is 19.6 Å². The summed E-state index contributed by atoms with van der Waals surface area (Å²) in [7, 11) is 0. The summed E-state index contributed by atoms with van der Waals surface area (Å²) in [6.45, 7) is 5.95. The van der Waals surface area contributed by atoms with E-state index in [1.165, 1.54) is 12.1 Å². The smallest absolute Gasteiger partial charge is 0.491 e. The molecule has 0 aliphatic rings. The van der Waals surface area contributed by atoms with E-state index in [9.17, 15) is 9.59 Å². The Morgan fingerprint density at radius 3 is 2.36 bits per heavy atom. The zero-order valence-electron chi connectivity index (χ0n) is 12.9. The van der Waals surface area contributed by atoms with Crippen molar-refractivity contribution in [3.8, 4) is 5.75 Å². The maximum Gasteiger partial charge on any atom is 0.543 e. The minimum absolute atomic E-state index is 0.0354. The Bertz CT molecular complexity index is 467. The third kappa shape index (κ3) is 6.94. The van der Waals surface area contributed by atoms with Crippen LogP contribution in [0.15, 0.2) is 24.3 Å². The second kappa shape index (κ2) is 9.62. The van der Waals surface area contributed by atoms with Crippen LogP contribution in [-0.4, -0.2) is 24.8 Å². The molecule has 0 atom stereocenters. The van der Waals surface area contributed by atoms with Crippen molar-refractivity contribution < 1.29 is 33.9 Å². The number of benzene rings is 1. The van der Waals surface area contributed by atoms with Crippen LogP contribution in [0.2, 0.25) is 0 Å². The van der Waals surface area contributed by atoms with E-state index < -0.39 is 12.1 Å². The minimum Gasteiger partial charge on any atom is -0.491 e. The molecule has 0 aromatic heterocycles. The molecule has 1 aromatic rings. The molecule has 0 saturated carbocycles. The Morgan fingerprint density at radius 2 is 1.77 bits per heavy atom. The molecule has 0 spiro atoms. The molecule has 1 aromatic carbocycles. The fourth-order valence-electron chi connectivity index (χ4n) is 1.39. The zero-order chi connectivity index (χ0) is 16.4. The van der Waals surface area contributed by atoms with E-state index >= 15 is 0 Å². The van der Waals surface area contributed by atoms with Crippen molar-refractivity contribution in [2.45, 2.75) is 39.7 Å². The summed E-state index contributed by atoms with van der Waals surface area (Å²) in [5.74, 6) is -0.180. The summed E-state index contributed by atoms with van der Waals surface area (Å²) in [6.07, 6.45) is 0.550. The molecule has 0 radical (unpaired) electrons. The predicted molar refractivity (Wildman–Crippen MR) is 76.0 cm³/mol. The van der Waals surface area contributed by atoms with Crippen molar-refractivity contribution in [3.63, 3.8) is 0 Å². The average molecular weight is 312 g/mol. The second-order valence-electron chi connectivity index (χ2n) is 4.67.